The number of carbonyl (C=O) groups excluding carboxylic acids is 1. The second-order valence-electron chi connectivity index (χ2n) is 5.78. The summed E-state index contributed by atoms with van der Waals surface area (Å²) < 4.78 is 10.7. The van der Waals surface area contributed by atoms with Crippen molar-refractivity contribution in [3.05, 3.63) is 23.8 Å². The normalized spacial score (nSPS) is 19.4. The third-order valence-electron chi connectivity index (χ3n) is 4.01. The molecule has 1 saturated carbocycles. The summed E-state index contributed by atoms with van der Waals surface area (Å²) in [6.07, 6.45) is 3.27. The summed E-state index contributed by atoms with van der Waals surface area (Å²) in [5, 5.41) is 12.3. The Morgan fingerprint density at radius 3 is 2.72 bits per heavy atom. The average molecular weight is 367 g/mol. The van der Waals surface area contributed by atoms with E-state index in [9.17, 15) is 9.59 Å². The van der Waals surface area contributed by atoms with Crippen molar-refractivity contribution in [2.75, 3.05) is 19.0 Å². The van der Waals surface area contributed by atoms with Crippen LogP contribution in [0.3, 0.4) is 0 Å². The van der Waals surface area contributed by atoms with E-state index in [1.165, 1.54) is 0 Å². The highest BCUT2D eigenvalue weighted by Crippen LogP contribution is 2.31. The zero-order valence-corrected chi connectivity index (χ0v) is 15.4. The molecule has 2 atom stereocenters. The van der Waals surface area contributed by atoms with Gasteiger partial charge in [-0.1, -0.05) is 13.3 Å². The minimum absolute atomic E-state index is 0.139. The molecule has 7 heteroatoms. The van der Waals surface area contributed by atoms with Gasteiger partial charge in [0.05, 0.1) is 6.61 Å². The van der Waals surface area contributed by atoms with Crippen LogP contribution in [-0.2, 0) is 4.79 Å². The van der Waals surface area contributed by atoms with Crippen LogP contribution in [0.4, 0.5) is 0 Å². The molecule has 138 valence electrons. The number of thioether (sulfide) groups is 1. The first-order valence-electron chi connectivity index (χ1n) is 8.59. The van der Waals surface area contributed by atoms with E-state index in [2.05, 4.69) is 12.2 Å². The predicted molar refractivity (Wildman–Crippen MR) is 97.8 cm³/mol. The number of hydrogen-bond acceptors (Lipinski definition) is 5. The number of benzene rings is 1. The van der Waals surface area contributed by atoms with Crippen LogP contribution in [0.25, 0.3) is 0 Å². The SMILES string of the molecule is CCOc1cc(C(=O)NC2CCCC2SCC)ccc1OCC(=O)O. The van der Waals surface area contributed by atoms with Gasteiger partial charge in [-0.25, -0.2) is 4.79 Å². The van der Waals surface area contributed by atoms with Crippen LogP contribution in [0.5, 0.6) is 11.5 Å². The Hall–Kier alpha value is -1.89. The number of aliphatic carboxylic acids is 1. The van der Waals surface area contributed by atoms with Crippen LogP contribution in [-0.4, -0.2) is 47.2 Å². The maximum absolute atomic E-state index is 12.6. The Bertz CT molecular complexity index is 607. The third kappa shape index (κ3) is 5.56. The lowest BCUT2D eigenvalue weighted by Gasteiger charge is -2.20. The van der Waals surface area contributed by atoms with Crippen molar-refractivity contribution >= 4 is 23.6 Å². The van der Waals surface area contributed by atoms with Gasteiger partial charge in [-0.3, -0.25) is 4.79 Å². The van der Waals surface area contributed by atoms with Gasteiger partial charge in [0.15, 0.2) is 18.1 Å². The molecule has 0 bridgehead atoms. The summed E-state index contributed by atoms with van der Waals surface area (Å²) in [4.78, 5) is 23.2. The lowest BCUT2D eigenvalue weighted by atomic mass is 10.1. The fraction of sp³-hybridized carbons (Fsp3) is 0.556. The van der Waals surface area contributed by atoms with Gasteiger partial charge in [-0.15, -0.1) is 0 Å². The van der Waals surface area contributed by atoms with Gasteiger partial charge in [0.2, 0.25) is 0 Å². The summed E-state index contributed by atoms with van der Waals surface area (Å²) in [6.45, 7) is 3.89. The monoisotopic (exact) mass is 367 g/mol. The minimum atomic E-state index is -1.06. The fourth-order valence-corrected chi connectivity index (χ4v) is 4.13. The lowest BCUT2D eigenvalue weighted by Crippen LogP contribution is -2.38. The van der Waals surface area contributed by atoms with Crippen molar-refractivity contribution in [2.45, 2.75) is 44.4 Å². The Morgan fingerprint density at radius 2 is 2.04 bits per heavy atom. The molecule has 6 nitrogen and oxygen atoms in total. The molecule has 1 aliphatic carbocycles. The molecule has 1 aliphatic rings. The van der Waals surface area contributed by atoms with E-state index in [4.69, 9.17) is 14.6 Å². The van der Waals surface area contributed by atoms with E-state index < -0.39 is 12.6 Å². The van der Waals surface area contributed by atoms with Crippen molar-refractivity contribution in [1.82, 2.24) is 5.32 Å². The minimum Gasteiger partial charge on any atom is -0.490 e. The van der Waals surface area contributed by atoms with Gasteiger partial charge in [0, 0.05) is 16.9 Å². The first-order chi connectivity index (χ1) is 12.0. The van der Waals surface area contributed by atoms with Gasteiger partial charge in [0.1, 0.15) is 0 Å². The quantitative estimate of drug-likeness (QED) is 0.698. The summed E-state index contributed by atoms with van der Waals surface area (Å²) in [5.74, 6) is 0.536. The molecule has 0 spiro atoms. The number of carboxylic acids is 1. The number of carbonyl (C=O) groups is 2. The number of rotatable bonds is 9. The number of amides is 1. The van der Waals surface area contributed by atoms with E-state index in [1.54, 1.807) is 18.2 Å². The Labute approximate surface area is 152 Å². The van der Waals surface area contributed by atoms with E-state index in [0.29, 0.717) is 28.9 Å². The molecule has 0 aliphatic heterocycles. The number of carboxylic acid groups (broad SMARTS) is 1. The van der Waals surface area contributed by atoms with Crippen LogP contribution in [0.1, 0.15) is 43.5 Å². The maximum Gasteiger partial charge on any atom is 0.341 e. The van der Waals surface area contributed by atoms with Crippen molar-refractivity contribution < 1.29 is 24.2 Å². The molecule has 1 fully saturated rings. The Balaban J connectivity index is 2.08. The smallest absolute Gasteiger partial charge is 0.341 e. The number of ether oxygens (including phenoxy) is 2. The number of hydrogen-bond donors (Lipinski definition) is 2. The second-order valence-corrected chi connectivity index (χ2v) is 7.30. The predicted octanol–water partition coefficient (Wildman–Crippen LogP) is 2.95. The molecule has 0 radical (unpaired) electrons. The molecule has 0 heterocycles. The summed E-state index contributed by atoms with van der Waals surface area (Å²) in [6, 6.07) is 5.00. The molecule has 25 heavy (non-hydrogen) atoms. The highest BCUT2D eigenvalue weighted by molar-refractivity contribution is 7.99. The second kappa shape index (κ2) is 9.56. The van der Waals surface area contributed by atoms with Crippen molar-refractivity contribution in [2.24, 2.45) is 0 Å². The Morgan fingerprint density at radius 1 is 1.24 bits per heavy atom. The Kier molecular flexibility index (Phi) is 7.43. The molecular weight excluding hydrogens is 342 g/mol. The van der Waals surface area contributed by atoms with Crippen LogP contribution >= 0.6 is 11.8 Å². The van der Waals surface area contributed by atoms with Gasteiger partial charge >= 0.3 is 5.97 Å². The zero-order valence-electron chi connectivity index (χ0n) is 14.6. The summed E-state index contributed by atoms with van der Waals surface area (Å²) in [5.41, 5.74) is 0.485. The van der Waals surface area contributed by atoms with E-state index in [0.717, 1.165) is 25.0 Å². The molecular formula is C18H25NO5S. The molecule has 0 aromatic heterocycles. The largest absolute Gasteiger partial charge is 0.490 e. The molecule has 2 rings (SSSR count). The molecule has 1 aromatic carbocycles. The fourth-order valence-electron chi connectivity index (χ4n) is 2.93. The van der Waals surface area contributed by atoms with Crippen molar-refractivity contribution in [1.29, 1.82) is 0 Å². The maximum atomic E-state index is 12.6. The summed E-state index contributed by atoms with van der Waals surface area (Å²) in [7, 11) is 0. The zero-order chi connectivity index (χ0) is 18.2. The molecule has 2 N–H and O–H groups in total. The van der Waals surface area contributed by atoms with E-state index in [1.807, 2.05) is 18.7 Å². The van der Waals surface area contributed by atoms with Gasteiger partial charge in [-0.2, -0.15) is 11.8 Å². The lowest BCUT2D eigenvalue weighted by molar-refractivity contribution is -0.139. The topological polar surface area (TPSA) is 84.9 Å². The average Bonchev–Trinajstić information content (AvgIpc) is 3.01. The standard InChI is InChI=1S/C18H25NO5S/c1-3-23-15-10-12(8-9-14(15)24-11-17(20)21)18(22)19-13-6-5-7-16(13)25-4-2/h8-10,13,16H,3-7,11H2,1-2H3,(H,19,22)(H,20,21). The van der Waals surface area contributed by atoms with Crippen LogP contribution in [0.15, 0.2) is 18.2 Å². The highest BCUT2D eigenvalue weighted by atomic mass is 32.2. The first-order valence-corrected chi connectivity index (χ1v) is 9.63. The van der Waals surface area contributed by atoms with Gasteiger partial charge < -0.3 is 19.9 Å². The van der Waals surface area contributed by atoms with E-state index >= 15 is 0 Å². The molecule has 1 aromatic rings. The van der Waals surface area contributed by atoms with Gasteiger partial charge in [-0.05, 0) is 43.7 Å². The third-order valence-corrected chi connectivity index (χ3v) is 5.33. The molecule has 0 saturated heterocycles. The van der Waals surface area contributed by atoms with Crippen LogP contribution < -0.4 is 14.8 Å². The first kappa shape index (κ1) is 19.4. The molecule has 1 amide bonds. The molecule has 2 unspecified atom stereocenters. The summed E-state index contributed by atoms with van der Waals surface area (Å²) >= 11 is 1.89. The highest BCUT2D eigenvalue weighted by Gasteiger charge is 2.28. The van der Waals surface area contributed by atoms with Crippen molar-refractivity contribution in [3.8, 4) is 11.5 Å². The van der Waals surface area contributed by atoms with Crippen LogP contribution in [0.2, 0.25) is 0 Å². The van der Waals surface area contributed by atoms with Crippen molar-refractivity contribution in [3.63, 3.8) is 0 Å². The van der Waals surface area contributed by atoms with E-state index in [-0.39, 0.29) is 11.9 Å². The number of nitrogens with one attached hydrogen (secondary N) is 1. The van der Waals surface area contributed by atoms with Crippen LogP contribution in [0, 0.1) is 0 Å². The van der Waals surface area contributed by atoms with Gasteiger partial charge in [0.25, 0.3) is 5.91 Å².